The SMILES string of the molecule is CCN(CC)c1ccc(NC(=O)C2=NN(c3ccc(Br)cc3)C(=O)CC2)cc1. The van der Waals surface area contributed by atoms with Gasteiger partial charge in [-0.3, -0.25) is 9.59 Å². The van der Waals surface area contributed by atoms with Gasteiger partial charge in [0.25, 0.3) is 5.91 Å². The Morgan fingerprint density at radius 3 is 2.32 bits per heavy atom. The summed E-state index contributed by atoms with van der Waals surface area (Å²) in [7, 11) is 0. The smallest absolute Gasteiger partial charge is 0.271 e. The van der Waals surface area contributed by atoms with Crippen LogP contribution in [0.1, 0.15) is 26.7 Å². The van der Waals surface area contributed by atoms with Crippen LogP contribution in [0.3, 0.4) is 0 Å². The predicted molar refractivity (Wildman–Crippen MR) is 117 cm³/mol. The van der Waals surface area contributed by atoms with Crippen LogP contribution < -0.4 is 15.2 Å². The summed E-state index contributed by atoms with van der Waals surface area (Å²) in [5, 5.41) is 8.47. The van der Waals surface area contributed by atoms with Crippen molar-refractivity contribution in [1.29, 1.82) is 0 Å². The molecule has 6 nitrogen and oxygen atoms in total. The number of nitrogens with zero attached hydrogens (tertiary/aromatic N) is 3. The van der Waals surface area contributed by atoms with E-state index in [-0.39, 0.29) is 18.2 Å². The van der Waals surface area contributed by atoms with Gasteiger partial charge < -0.3 is 10.2 Å². The fraction of sp³-hybridized carbons (Fsp3) is 0.286. The largest absolute Gasteiger partial charge is 0.372 e. The number of halogens is 1. The summed E-state index contributed by atoms with van der Waals surface area (Å²) in [5.74, 6) is -0.410. The molecule has 28 heavy (non-hydrogen) atoms. The van der Waals surface area contributed by atoms with Crippen LogP contribution in [0.5, 0.6) is 0 Å². The number of benzene rings is 2. The van der Waals surface area contributed by atoms with Gasteiger partial charge in [-0.05, 0) is 62.4 Å². The van der Waals surface area contributed by atoms with Crippen molar-refractivity contribution in [2.75, 3.05) is 28.3 Å². The molecule has 2 aromatic rings. The highest BCUT2D eigenvalue weighted by Gasteiger charge is 2.25. The molecule has 0 aliphatic carbocycles. The van der Waals surface area contributed by atoms with E-state index in [9.17, 15) is 9.59 Å². The van der Waals surface area contributed by atoms with E-state index in [1.165, 1.54) is 5.01 Å². The van der Waals surface area contributed by atoms with Crippen LogP contribution in [0, 0.1) is 0 Å². The first kappa shape index (κ1) is 20.1. The van der Waals surface area contributed by atoms with Crippen molar-refractivity contribution in [3.05, 3.63) is 53.0 Å². The Labute approximate surface area is 173 Å². The third-order valence-electron chi connectivity index (χ3n) is 4.62. The van der Waals surface area contributed by atoms with Gasteiger partial charge in [0.1, 0.15) is 5.71 Å². The van der Waals surface area contributed by atoms with Crippen molar-refractivity contribution in [2.24, 2.45) is 5.10 Å². The molecule has 1 heterocycles. The van der Waals surface area contributed by atoms with Crippen LogP contribution in [0.4, 0.5) is 17.1 Å². The van der Waals surface area contributed by atoms with Crippen LogP contribution in [-0.4, -0.2) is 30.6 Å². The van der Waals surface area contributed by atoms with Gasteiger partial charge >= 0.3 is 0 Å². The number of rotatable bonds is 6. The van der Waals surface area contributed by atoms with Gasteiger partial charge in [-0.1, -0.05) is 15.9 Å². The molecule has 1 aliphatic heterocycles. The molecular formula is C21H23BrN4O2. The molecule has 0 radical (unpaired) electrons. The van der Waals surface area contributed by atoms with Crippen LogP contribution in [0.25, 0.3) is 0 Å². The van der Waals surface area contributed by atoms with Crippen LogP contribution in [0.2, 0.25) is 0 Å². The summed E-state index contributed by atoms with van der Waals surface area (Å²) in [4.78, 5) is 27.1. The van der Waals surface area contributed by atoms with Crippen molar-refractivity contribution in [3.63, 3.8) is 0 Å². The lowest BCUT2D eigenvalue weighted by Crippen LogP contribution is -2.36. The fourth-order valence-electron chi connectivity index (χ4n) is 3.05. The Morgan fingerprint density at radius 2 is 1.71 bits per heavy atom. The second-order valence-corrected chi connectivity index (χ2v) is 7.32. The van der Waals surface area contributed by atoms with E-state index in [0.29, 0.717) is 23.5 Å². The number of hydrazone groups is 1. The highest BCUT2D eigenvalue weighted by Crippen LogP contribution is 2.23. The highest BCUT2D eigenvalue weighted by atomic mass is 79.9. The molecule has 0 unspecified atom stereocenters. The normalized spacial score (nSPS) is 13.9. The third-order valence-corrected chi connectivity index (χ3v) is 5.15. The monoisotopic (exact) mass is 442 g/mol. The number of hydrogen-bond acceptors (Lipinski definition) is 4. The molecule has 3 rings (SSSR count). The fourth-order valence-corrected chi connectivity index (χ4v) is 3.31. The first-order valence-electron chi connectivity index (χ1n) is 9.34. The second kappa shape index (κ2) is 9.01. The van der Waals surface area contributed by atoms with E-state index in [2.05, 4.69) is 45.1 Å². The number of carbonyl (C=O) groups excluding carboxylic acids is 2. The van der Waals surface area contributed by atoms with Gasteiger partial charge in [0.15, 0.2) is 0 Å². The van der Waals surface area contributed by atoms with Crippen molar-refractivity contribution in [3.8, 4) is 0 Å². The summed E-state index contributed by atoms with van der Waals surface area (Å²) < 4.78 is 0.913. The average molecular weight is 443 g/mol. The number of carbonyl (C=O) groups is 2. The molecule has 2 aromatic carbocycles. The minimum absolute atomic E-state index is 0.123. The Bertz CT molecular complexity index is 874. The van der Waals surface area contributed by atoms with Crippen LogP contribution >= 0.6 is 15.9 Å². The standard InChI is InChI=1S/C21H23BrN4O2/c1-3-25(4-2)17-11-7-16(8-12-17)23-21(28)19-13-14-20(27)26(24-19)18-9-5-15(22)6-10-18/h5-12H,3-4,13-14H2,1-2H3,(H,23,28). The Kier molecular flexibility index (Phi) is 6.46. The van der Waals surface area contributed by atoms with E-state index in [0.717, 1.165) is 23.2 Å². The molecule has 1 aliphatic rings. The number of anilines is 3. The van der Waals surface area contributed by atoms with E-state index < -0.39 is 0 Å². The van der Waals surface area contributed by atoms with Crippen molar-refractivity contribution >= 4 is 50.5 Å². The van der Waals surface area contributed by atoms with Crippen LogP contribution in [-0.2, 0) is 9.59 Å². The second-order valence-electron chi connectivity index (χ2n) is 6.40. The lowest BCUT2D eigenvalue weighted by molar-refractivity contribution is -0.118. The average Bonchev–Trinajstić information content (AvgIpc) is 2.71. The third kappa shape index (κ3) is 4.59. The predicted octanol–water partition coefficient (Wildman–Crippen LogP) is 4.42. The number of amides is 2. The topological polar surface area (TPSA) is 65.0 Å². The quantitative estimate of drug-likeness (QED) is 0.719. The van der Waals surface area contributed by atoms with E-state index >= 15 is 0 Å². The van der Waals surface area contributed by atoms with E-state index in [4.69, 9.17) is 0 Å². The van der Waals surface area contributed by atoms with E-state index in [1.54, 1.807) is 12.1 Å². The first-order valence-corrected chi connectivity index (χ1v) is 10.1. The summed E-state index contributed by atoms with van der Waals surface area (Å²) in [6.07, 6.45) is 0.582. The number of hydrogen-bond donors (Lipinski definition) is 1. The Balaban J connectivity index is 1.73. The molecule has 0 fully saturated rings. The highest BCUT2D eigenvalue weighted by molar-refractivity contribution is 9.10. The molecular weight excluding hydrogens is 420 g/mol. The number of nitrogens with one attached hydrogen (secondary N) is 1. The molecule has 146 valence electrons. The molecule has 1 N–H and O–H groups in total. The molecule has 0 aromatic heterocycles. The van der Waals surface area contributed by atoms with Gasteiger partial charge in [-0.25, -0.2) is 5.01 Å². The van der Waals surface area contributed by atoms with Crippen molar-refractivity contribution in [1.82, 2.24) is 0 Å². The molecule has 7 heteroatoms. The maximum atomic E-state index is 12.6. The Hall–Kier alpha value is -2.67. The van der Waals surface area contributed by atoms with Gasteiger partial charge in [0, 0.05) is 41.8 Å². The lowest BCUT2D eigenvalue weighted by atomic mass is 10.1. The Morgan fingerprint density at radius 1 is 1.07 bits per heavy atom. The van der Waals surface area contributed by atoms with Gasteiger partial charge in [-0.15, -0.1) is 0 Å². The molecule has 2 amide bonds. The molecule has 0 atom stereocenters. The summed E-state index contributed by atoms with van der Waals surface area (Å²) in [6.45, 7) is 6.08. The zero-order valence-corrected chi connectivity index (χ0v) is 17.6. The molecule has 0 spiro atoms. The van der Waals surface area contributed by atoms with Gasteiger partial charge in [0.05, 0.1) is 5.69 Å². The molecule has 0 saturated heterocycles. The summed E-state index contributed by atoms with van der Waals surface area (Å²) in [5.41, 5.74) is 2.80. The molecule has 0 saturated carbocycles. The zero-order chi connectivity index (χ0) is 20.1. The van der Waals surface area contributed by atoms with Crippen LogP contribution in [0.15, 0.2) is 58.1 Å². The van der Waals surface area contributed by atoms with Gasteiger partial charge in [-0.2, -0.15) is 5.10 Å². The molecule has 0 bridgehead atoms. The van der Waals surface area contributed by atoms with E-state index in [1.807, 2.05) is 36.4 Å². The van der Waals surface area contributed by atoms with Gasteiger partial charge in [0.2, 0.25) is 5.91 Å². The summed E-state index contributed by atoms with van der Waals surface area (Å²) >= 11 is 3.37. The minimum Gasteiger partial charge on any atom is -0.372 e. The maximum Gasteiger partial charge on any atom is 0.271 e. The first-order chi connectivity index (χ1) is 13.5. The van der Waals surface area contributed by atoms with Crippen molar-refractivity contribution in [2.45, 2.75) is 26.7 Å². The lowest BCUT2D eigenvalue weighted by Gasteiger charge is -2.23. The summed E-state index contributed by atoms with van der Waals surface area (Å²) in [6, 6.07) is 15.0. The maximum absolute atomic E-state index is 12.6. The zero-order valence-electron chi connectivity index (χ0n) is 16.0. The minimum atomic E-state index is -0.287. The van der Waals surface area contributed by atoms with Crippen molar-refractivity contribution < 1.29 is 9.59 Å².